The van der Waals surface area contributed by atoms with Gasteiger partial charge in [0, 0.05) is 6.42 Å². The molecule has 2 unspecified atom stereocenters. The van der Waals surface area contributed by atoms with Gasteiger partial charge >= 0.3 is 0 Å². The smallest absolute Gasteiger partial charge is 0.146 e. The average molecular weight is 216 g/mol. The predicted molar refractivity (Wildman–Crippen MR) is 57.1 cm³/mol. The largest absolute Gasteiger partial charge is 0.495 e. The van der Waals surface area contributed by atoms with Gasteiger partial charge in [0.25, 0.3) is 0 Å². The van der Waals surface area contributed by atoms with Gasteiger partial charge in [-0.25, -0.2) is 8.78 Å². The lowest BCUT2D eigenvalue weighted by Crippen LogP contribution is -2.18. The van der Waals surface area contributed by atoms with Crippen LogP contribution < -0.4 is 0 Å². The Morgan fingerprint density at radius 3 is 2.87 bits per heavy atom. The first-order valence-corrected chi connectivity index (χ1v) is 5.23. The second kappa shape index (κ2) is 5.29. The van der Waals surface area contributed by atoms with E-state index in [0.717, 1.165) is 12.0 Å². The van der Waals surface area contributed by atoms with Gasteiger partial charge < -0.3 is 4.74 Å². The van der Waals surface area contributed by atoms with Crippen LogP contribution in [0.2, 0.25) is 0 Å². The van der Waals surface area contributed by atoms with Crippen LogP contribution in [0.4, 0.5) is 8.78 Å². The quantitative estimate of drug-likeness (QED) is 0.653. The Kier molecular flexibility index (Phi) is 4.30. The third-order valence-electron chi connectivity index (χ3n) is 2.61. The van der Waals surface area contributed by atoms with Gasteiger partial charge in [-0.3, -0.25) is 0 Å². The maximum Gasteiger partial charge on any atom is 0.146 e. The normalized spacial score (nSPS) is 23.6. The van der Waals surface area contributed by atoms with Crippen molar-refractivity contribution in [3.8, 4) is 0 Å². The second-order valence-corrected chi connectivity index (χ2v) is 4.30. The Balaban J connectivity index is 2.70. The lowest BCUT2D eigenvalue weighted by molar-refractivity contribution is 0.127. The molecule has 15 heavy (non-hydrogen) atoms. The van der Waals surface area contributed by atoms with Crippen LogP contribution in [0.3, 0.4) is 0 Å². The number of ether oxygens (including phenoxy) is 1. The lowest BCUT2D eigenvalue weighted by Gasteiger charge is -2.25. The fraction of sp³-hybridized carbons (Fsp3) is 0.667. The SMILES string of the molecule is C=C(C)C(F)CC1=C(CF)OCC(C)C1. The van der Waals surface area contributed by atoms with Gasteiger partial charge in [-0.05, 0) is 30.4 Å². The predicted octanol–water partition coefficient (Wildman–Crippen LogP) is 3.57. The van der Waals surface area contributed by atoms with Crippen LogP contribution >= 0.6 is 0 Å². The molecule has 0 radical (unpaired) electrons. The molecule has 1 nitrogen and oxygen atoms in total. The molecule has 0 aromatic carbocycles. The van der Waals surface area contributed by atoms with Crippen LogP contribution in [0.5, 0.6) is 0 Å². The standard InChI is InChI=1S/C12H18F2O/c1-8(2)11(14)5-10-4-9(3)7-15-12(10)6-13/h9,11H,1,4-7H2,2-3H3. The molecular formula is C12H18F2O. The molecule has 1 rings (SSSR count). The second-order valence-electron chi connectivity index (χ2n) is 4.30. The summed E-state index contributed by atoms with van der Waals surface area (Å²) in [6.45, 7) is 7.12. The molecule has 1 heterocycles. The number of alkyl halides is 2. The van der Waals surface area contributed by atoms with Gasteiger partial charge in [0.2, 0.25) is 0 Å². The van der Waals surface area contributed by atoms with Crippen LogP contribution in [0.25, 0.3) is 0 Å². The summed E-state index contributed by atoms with van der Waals surface area (Å²) < 4.78 is 31.3. The molecule has 1 aliphatic rings. The molecule has 0 aliphatic carbocycles. The van der Waals surface area contributed by atoms with E-state index in [1.165, 1.54) is 0 Å². The van der Waals surface area contributed by atoms with E-state index in [9.17, 15) is 8.78 Å². The van der Waals surface area contributed by atoms with Gasteiger partial charge in [-0.1, -0.05) is 13.5 Å². The minimum Gasteiger partial charge on any atom is -0.495 e. The summed E-state index contributed by atoms with van der Waals surface area (Å²) >= 11 is 0. The molecule has 86 valence electrons. The topological polar surface area (TPSA) is 9.23 Å². The summed E-state index contributed by atoms with van der Waals surface area (Å²) in [4.78, 5) is 0. The minimum absolute atomic E-state index is 0.221. The van der Waals surface area contributed by atoms with Gasteiger partial charge in [0.15, 0.2) is 0 Å². The number of halogens is 2. The zero-order valence-electron chi connectivity index (χ0n) is 9.35. The van der Waals surface area contributed by atoms with E-state index >= 15 is 0 Å². The summed E-state index contributed by atoms with van der Waals surface area (Å²) in [7, 11) is 0. The summed E-state index contributed by atoms with van der Waals surface area (Å²) in [5.74, 6) is 0.671. The van der Waals surface area contributed by atoms with Gasteiger partial charge in [0.1, 0.15) is 18.6 Å². The van der Waals surface area contributed by atoms with Crippen molar-refractivity contribution in [3.63, 3.8) is 0 Å². The number of hydrogen-bond donors (Lipinski definition) is 0. The number of allylic oxidation sites excluding steroid dienone is 3. The lowest BCUT2D eigenvalue weighted by atomic mass is 9.93. The Labute approximate surface area is 89.8 Å². The van der Waals surface area contributed by atoms with E-state index in [1.807, 2.05) is 6.92 Å². The molecule has 0 amide bonds. The van der Waals surface area contributed by atoms with E-state index in [2.05, 4.69) is 6.58 Å². The van der Waals surface area contributed by atoms with Crippen molar-refractivity contribution in [2.45, 2.75) is 32.9 Å². The van der Waals surface area contributed by atoms with Crippen LogP contribution in [-0.4, -0.2) is 19.5 Å². The molecule has 0 bridgehead atoms. The first kappa shape index (κ1) is 12.2. The fourth-order valence-corrected chi connectivity index (χ4v) is 1.66. The van der Waals surface area contributed by atoms with Crippen molar-refractivity contribution < 1.29 is 13.5 Å². The maximum absolute atomic E-state index is 13.4. The zero-order valence-corrected chi connectivity index (χ0v) is 9.35. The highest BCUT2D eigenvalue weighted by molar-refractivity contribution is 5.16. The zero-order chi connectivity index (χ0) is 11.4. The highest BCUT2D eigenvalue weighted by atomic mass is 19.1. The van der Waals surface area contributed by atoms with Crippen LogP contribution in [0, 0.1) is 5.92 Å². The maximum atomic E-state index is 13.4. The van der Waals surface area contributed by atoms with E-state index in [-0.39, 0.29) is 6.42 Å². The molecule has 0 saturated heterocycles. The molecule has 0 N–H and O–H groups in total. The van der Waals surface area contributed by atoms with Crippen molar-refractivity contribution >= 4 is 0 Å². The van der Waals surface area contributed by atoms with Crippen molar-refractivity contribution in [2.75, 3.05) is 13.3 Å². The Morgan fingerprint density at radius 1 is 1.67 bits per heavy atom. The Morgan fingerprint density at radius 2 is 2.33 bits per heavy atom. The number of hydrogen-bond acceptors (Lipinski definition) is 1. The van der Waals surface area contributed by atoms with Gasteiger partial charge in [0.05, 0.1) is 6.61 Å². The molecule has 0 saturated carbocycles. The molecule has 0 aromatic heterocycles. The van der Waals surface area contributed by atoms with Gasteiger partial charge in [-0.15, -0.1) is 0 Å². The fourth-order valence-electron chi connectivity index (χ4n) is 1.66. The van der Waals surface area contributed by atoms with E-state index in [0.29, 0.717) is 23.9 Å². The third-order valence-corrected chi connectivity index (χ3v) is 2.61. The van der Waals surface area contributed by atoms with Crippen LogP contribution in [0.15, 0.2) is 23.5 Å². The molecule has 3 heteroatoms. The van der Waals surface area contributed by atoms with Crippen molar-refractivity contribution in [1.82, 2.24) is 0 Å². The van der Waals surface area contributed by atoms with Crippen LogP contribution in [-0.2, 0) is 4.74 Å². The molecule has 0 spiro atoms. The molecule has 1 aliphatic heterocycles. The molecule has 0 aromatic rings. The first-order chi connectivity index (χ1) is 7.04. The monoisotopic (exact) mass is 216 g/mol. The Hall–Kier alpha value is -0.860. The Bertz CT molecular complexity index is 271. The summed E-state index contributed by atoms with van der Waals surface area (Å²) in [5.41, 5.74) is 1.26. The van der Waals surface area contributed by atoms with E-state index in [1.54, 1.807) is 6.92 Å². The molecule has 0 fully saturated rings. The van der Waals surface area contributed by atoms with E-state index < -0.39 is 12.8 Å². The first-order valence-electron chi connectivity index (χ1n) is 5.23. The van der Waals surface area contributed by atoms with E-state index in [4.69, 9.17) is 4.74 Å². The highest BCUT2D eigenvalue weighted by Crippen LogP contribution is 2.29. The summed E-state index contributed by atoms with van der Waals surface area (Å²) in [6.07, 6.45) is -0.137. The summed E-state index contributed by atoms with van der Waals surface area (Å²) in [6, 6.07) is 0. The molecule has 2 atom stereocenters. The highest BCUT2D eigenvalue weighted by Gasteiger charge is 2.22. The van der Waals surface area contributed by atoms with Crippen molar-refractivity contribution in [3.05, 3.63) is 23.5 Å². The van der Waals surface area contributed by atoms with Crippen molar-refractivity contribution in [1.29, 1.82) is 0 Å². The summed E-state index contributed by atoms with van der Waals surface area (Å²) in [5, 5.41) is 0. The average Bonchev–Trinajstić information content (AvgIpc) is 2.18. The van der Waals surface area contributed by atoms with Crippen LogP contribution in [0.1, 0.15) is 26.7 Å². The number of rotatable bonds is 4. The third kappa shape index (κ3) is 3.33. The van der Waals surface area contributed by atoms with Gasteiger partial charge in [-0.2, -0.15) is 0 Å². The van der Waals surface area contributed by atoms with Crippen molar-refractivity contribution in [2.24, 2.45) is 5.92 Å². The molecular weight excluding hydrogens is 198 g/mol. The minimum atomic E-state index is -1.09.